The molecule has 0 aliphatic carbocycles. The number of hydrogen-bond acceptors (Lipinski definition) is 3. The first kappa shape index (κ1) is 16.6. The van der Waals surface area contributed by atoms with Crippen LogP contribution in [0.4, 0.5) is 0 Å². The lowest BCUT2D eigenvalue weighted by Crippen LogP contribution is -2.51. The molecule has 0 aromatic heterocycles. The molecule has 3 nitrogen and oxygen atoms in total. The average Bonchev–Trinajstić information content (AvgIpc) is 2.92. The molecule has 0 saturated carbocycles. The van der Waals surface area contributed by atoms with Crippen molar-refractivity contribution in [3.63, 3.8) is 0 Å². The molecule has 1 aliphatic heterocycles. The summed E-state index contributed by atoms with van der Waals surface area (Å²) in [6, 6.07) is 0. The van der Waals surface area contributed by atoms with E-state index in [1.165, 1.54) is 12.8 Å². The van der Waals surface area contributed by atoms with Crippen molar-refractivity contribution in [3.8, 4) is 0 Å². The Morgan fingerprint density at radius 3 is 2.47 bits per heavy atom. The van der Waals surface area contributed by atoms with E-state index in [0.29, 0.717) is 18.3 Å². The Kier molecular flexibility index (Phi) is 7.01. The van der Waals surface area contributed by atoms with E-state index in [0.717, 1.165) is 39.0 Å². The third-order valence-corrected chi connectivity index (χ3v) is 4.70. The molecule has 0 amide bonds. The summed E-state index contributed by atoms with van der Waals surface area (Å²) in [5, 5.41) is 0. The number of nitrogens with zero attached hydrogens (tertiary/aromatic N) is 1. The second kappa shape index (κ2) is 8.01. The van der Waals surface area contributed by atoms with Gasteiger partial charge in [0, 0.05) is 13.0 Å². The van der Waals surface area contributed by atoms with Gasteiger partial charge in [0.15, 0.2) is 5.78 Å². The van der Waals surface area contributed by atoms with Gasteiger partial charge in [-0.25, -0.2) is 0 Å². The minimum absolute atomic E-state index is 0.278. The maximum Gasteiger partial charge on any atom is 0.152 e. The van der Waals surface area contributed by atoms with Gasteiger partial charge in [0.05, 0.1) is 11.6 Å². The van der Waals surface area contributed by atoms with E-state index >= 15 is 0 Å². The molecule has 0 radical (unpaired) electrons. The largest absolute Gasteiger partial charge is 0.378 e. The first-order chi connectivity index (χ1) is 9.08. The minimum Gasteiger partial charge on any atom is -0.378 e. The topological polar surface area (TPSA) is 29.5 Å². The van der Waals surface area contributed by atoms with Crippen molar-refractivity contribution >= 4 is 5.78 Å². The van der Waals surface area contributed by atoms with Crippen molar-refractivity contribution in [2.24, 2.45) is 0 Å². The highest BCUT2D eigenvalue weighted by Crippen LogP contribution is 2.24. The first-order valence-electron chi connectivity index (χ1n) is 7.98. The number of ether oxygens (including phenoxy) is 1. The smallest absolute Gasteiger partial charge is 0.152 e. The van der Waals surface area contributed by atoms with Crippen LogP contribution < -0.4 is 0 Å². The third kappa shape index (κ3) is 4.28. The summed E-state index contributed by atoms with van der Waals surface area (Å²) >= 11 is 0. The molecule has 0 spiro atoms. The number of rotatable bonds is 9. The highest BCUT2D eigenvalue weighted by molar-refractivity contribution is 5.87. The maximum atomic E-state index is 12.5. The van der Waals surface area contributed by atoms with Gasteiger partial charge in [-0.3, -0.25) is 9.69 Å². The molecular formula is C16H31NO2. The van der Waals surface area contributed by atoms with Crippen LogP contribution in [0.1, 0.15) is 66.2 Å². The summed E-state index contributed by atoms with van der Waals surface area (Å²) in [7, 11) is 0. The second-order valence-electron chi connectivity index (χ2n) is 5.75. The molecule has 1 heterocycles. The van der Waals surface area contributed by atoms with E-state index in [9.17, 15) is 4.79 Å². The van der Waals surface area contributed by atoms with Gasteiger partial charge in [0.25, 0.3) is 0 Å². The third-order valence-electron chi connectivity index (χ3n) is 4.70. The summed E-state index contributed by atoms with van der Waals surface area (Å²) in [5.74, 6) is 0.400. The quantitative estimate of drug-likeness (QED) is 0.642. The molecule has 112 valence electrons. The number of ketones is 1. The van der Waals surface area contributed by atoms with Crippen LogP contribution >= 0.6 is 0 Å². The van der Waals surface area contributed by atoms with Crippen LogP contribution in [0.25, 0.3) is 0 Å². The lowest BCUT2D eigenvalue weighted by molar-refractivity contribution is -0.130. The zero-order valence-corrected chi connectivity index (χ0v) is 13.2. The predicted molar refractivity (Wildman–Crippen MR) is 79.4 cm³/mol. The van der Waals surface area contributed by atoms with Crippen molar-refractivity contribution in [2.45, 2.75) is 77.9 Å². The van der Waals surface area contributed by atoms with Gasteiger partial charge in [-0.15, -0.1) is 0 Å². The van der Waals surface area contributed by atoms with Gasteiger partial charge in [0.1, 0.15) is 0 Å². The molecule has 2 unspecified atom stereocenters. The van der Waals surface area contributed by atoms with E-state index in [1.807, 2.05) is 0 Å². The molecular weight excluding hydrogens is 238 g/mol. The van der Waals surface area contributed by atoms with Crippen molar-refractivity contribution in [3.05, 3.63) is 0 Å². The van der Waals surface area contributed by atoms with Crippen molar-refractivity contribution in [1.82, 2.24) is 4.90 Å². The molecule has 0 N–H and O–H groups in total. The first-order valence-corrected chi connectivity index (χ1v) is 7.98. The average molecular weight is 269 g/mol. The van der Waals surface area contributed by atoms with E-state index in [-0.39, 0.29) is 5.54 Å². The van der Waals surface area contributed by atoms with Crippen LogP contribution in [-0.2, 0) is 9.53 Å². The Morgan fingerprint density at radius 2 is 2.00 bits per heavy atom. The maximum absolute atomic E-state index is 12.5. The molecule has 0 aromatic rings. The van der Waals surface area contributed by atoms with Gasteiger partial charge in [-0.05, 0) is 52.1 Å². The summed E-state index contributed by atoms with van der Waals surface area (Å²) in [4.78, 5) is 14.8. The lowest BCUT2D eigenvalue weighted by Gasteiger charge is -2.38. The normalized spacial score (nSPS) is 22.7. The van der Waals surface area contributed by atoms with Crippen LogP contribution in [0.3, 0.4) is 0 Å². The summed E-state index contributed by atoms with van der Waals surface area (Å²) in [6.07, 6.45) is 6.38. The highest BCUT2D eigenvalue weighted by atomic mass is 16.5. The van der Waals surface area contributed by atoms with Gasteiger partial charge < -0.3 is 4.74 Å². The minimum atomic E-state index is -0.278. The molecule has 2 atom stereocenters. The highest BCUT2D eigenvalue weighted by Gasteiger charge is 2.35. The summed E-state index contributed by atoms with van der Waals surface area (Å²) in [6.45, 7) is 11.3. The molecule has 1 rings (SSSR count). The van der Waals surface area contributed by atoms with E-state index < -0.39 is 0 Å². The molecule has 19 heavy (non-hydrogen) atoms. The molecule has 0 bridgehead atoms. The molecule has 3 heteroatoms. The summed E-state index contributed by atoms with van der Waals surface area (Å²) < 4.78 is 5.61. The number of likely N-dealkylation sites (N-methyl/N-ethyl adjacent to an activating group) is 1. The Bertz CT molecular complexity index is 270. The van der Waals surface area contributed by atoms with E-state index in [4.69, 9.17) is 4.74 Å². The van der Waals surface area contributed by atoms with Gasteiger partial charge >= 0.3 is 0 Å². The van der Waals surface area contributed by atoms with Crippen molar-refractivity contribution in [2.75, 3.05) is 19.7 Å². The van der Waals surface area contributed by atoms with Crippen molar-refractivity contribution < 1.29 is 9.53 Å². The number of carbonyl (C=O) groups excluding carboxylic acids is 1. The van der Waals surface area contributed by atoms with E-state index in [2.05, 4.69) is 32.6 Å². The Balaban J connectivity index is 2.43. The van der Waals surface area contributed by atoms with Gasteiger partial charge in [-0.2, -0.15) is 0 Å². The Morgan fingerprint density at radius 1 is 1.32 bits per heavy atom. The standard InChI is InChI=1S/C16H31NO2/c1-5-16(4,17(6-2)7-3)15(18)12-8-10-14-11-9-13-19-14/h14H,5-13H2,1-4H3. The fourth-order valence-corrected chi connectivity index (χ4v) is 3.15. The zero-order chi connectivity index (χ0) is 14.3. The molecule has 0 aromatic carbocycles. The van der Waals surface area contributed by atoms with Crippen LogP contribution in [0, 0.1) is 0 Å². The van der Waals surface area contributed by atoms with E-state index in [1.54, 1.807) is 0 Å². The predicted octanol–water partition coefficient (Wildman–Crippen LogP) is 3.42. The molecule has 1 saturated heterocycles. The van der Waals surface area contributed by atoms with Gasteiger partial charge in [-0.1, -0.05) is 20.8 Å². The van der Waals surface area contributed by atoms with Crippen LogP contribution in [0.15, 0.2) is 0 Å². The number of Topliss-reactive ketones (excluding diaryl/α,β-unsaturated/α-hetero) is 1. The molecule has 1 aliphatic rings. The Labute approximate surface area is 118 Å². The summed E-state index contributed by atoms with van der Waals surface area (Å²) in [5.41, 5.74) is -0.278. The van der Waals surface area contributed by atoms with Crippen LogP contribution in [0.5, 0.6) is 0 Å². The Hall–Kier alpha value is -0.410. The fraction of sp³-hybridized carbons (Fsp3) is 0.938. The number of carbonyl (C=O) groups is 1. The van der Waals surface area contributed by atoms with Crippen molar-refractivity contribution in [1.29, 1.82) is 0 Å². The zero-order valence-electron chi connectivity index (χ0n) is 13.2. The fourth-order valence-electron chi connectivity index (χ4n) is 3.15. The van der Waals surface area contributed by atoms with Crippen LogP contribution in [0.2, 0.25) is 0 Å². The second-order valence-corrected chi connectivity index (χ2v) is 5.75. The van der Waals surface area contributed by atoms with Crippen LogP contribution in [-0.4, -0.2) is 42.0 Å². The monoisotopic (exact) mass is 269 g/mol. The number of hydrogen-bond donors (Lipinski definition) is 0. The van der Waals surface area contributed by atoms with Gasteiger partial charge in [0.2, 0.25) is 0 Å². The lowest BCUT2D eigenvalue weighted by atomic mass is 9.87. The SMILES string of the molecule is CCN(CC)C(C)(CC)C(=O)CCCC1CCCO1. The molecule has 1 fully saturated rings.